The van der Waals surface area contributed by atoms with Crippen LogP contribution in [0.5, 0.6) is 0 Å². The van der Waals surface area contributed by atoms with Crippen LogP contribution in [0.1, 0.15) is 11.6 Å². The van der Waals surface area contributed by atoms with Crippen molar-refractivity contribution in [1.82, 2.24) is 0 Å². The first-order chi connectivity index (χ1) is 9.47. The molecule has 1 unspecified atom stereocenters. The van der Waals surface area contributed by atoms with E-state index in [0.29, 0.717) is 15.6 Å². The number of carbonyl (C=O) groups is 1. The van der Waals surface area contributed by atoms with Crippen molar-refractivity contribution >= 4 is 50.7 Å². The first-order valence-corrected chi connectivity index (χ1v) is 7.28. The van der Waals surface area contributed by atoms with E-state index in [1.54, 1.807) is 18.2 Å². The maximum atomic E-state index is 11.7. The molecule has 0 aliphatic heterocycles. The molecule has 0 radical (unpaired) electrons. The summed E-state index contributed by atoms with van der Waals surface area (Å²) in [4.78, 5) is 11.7. The van der Waals surface area contributed by atoms with E-state index < -0.39 is 11.9 Å². The molecule has 0 heterocycles. The van der Waals surface area contributed by atoms with Gasteiger partial charge in [-0.3, -0.25) is 4.79 Å². The first kappa shape index (κ1) is 15.2. The van der Waals surface area contributed by atoms with Crippen LogP contribution in [0.25, 0.3) is 0 Å². The molecule has 0 spiro atoms. The van der Waals surface area contributed by atoms with Gasteiger partial charge in [-0.15, -0.1) is 0 Å². The number of primary amides is 1. The van der Waals surface area contributed by atoms with Crippen molar-refractivity contribution in [1.29, 1.82) is 0 Å². The summed E-state index contributed by atoms with van der Waals surface area (Å²) >= 11 is 15.4. The van der Waals surface area contributed by atoms with E-state index in [0.717, 1.165) is 10.2 Å². The molecule has 3 nitrogen and oxygen atoms in total. The number of nitrogens with one attached hydrogen (secondary N) is 1. The third kappa shape index (κ3) is 3.66. The predicted octanol–water partition coefficient (Wildman–Crippen LogP) is 4.39. The molecule has 0 fully saturated rings. The van der Waals surface area contributed by atoms with Gasteiger partial charge in [0, 0.05) is 25.8 Å². The van der Waals surface area contributed by atoms with Gasteiger partial charge in [-0.1, -0.05) is 39.1 Å². The third-order valence-electron chi connectivity index (χ3n) is 2.71. The fraction of sp³-hybridized carbons (Fsp3) is 0.0714. The Kier molecular flexibility index (Phi) is 4.91. The van der Waals surface area contributed by atoms with Gasteiger partial charge < -0.3 is 11.1 Å². The molecular formula is C14H11BrCl2N2O. The second kappa shape index (κ2) is 6.48. The Morgan fingerprint density at radius 1 is 1.15 bits per heavy atom. The standard InChI is InChI=1S/C14H11BrCl2N2O/c15-8-1-4-10(5-2-8)19-13(14(18)20)11-7-9(16)3-6-12(11)17/h1-7,13,19H,(H2,18,20). The monoisotopic (exact) mass is 372 g/mol. The van der Waals surface area contributed by atoms with E-state index in [2.05, 4.69) is 21.2 Å². The Hall–Kier alpha value is -1.23. The normalized spacial score (nSPS) is 11.9. The fourth-order valence-electron chi connectivity index (χ4n) is 1.75. The summed E-state index contributed by atoms with van der Waals surface area (Å²) in [6, 6.07) is 11.6. The van der Waals surface area contributed by atoms with Gasteiger partial charge in [0.1, 0.15) is 6.04 Å². The average Bonchev–Trinajstić information content (AvgIpc) is 2.41. The molecule has 104 valence electrons. The Bertz CT molecular complexity index is 632. The maximum absolute atomic E-state index is 11.7. The van der Waals surface area contributed by atoms with Gasteiger partial charge in [-0.05, 0) is 42.5 Å². The van der Waals surface area contributed by atoms with Gasteiger partial charge >= 0.3 is 0 Å². The number of anilines is 1. The number of hydrogen-bond acceptors (Lipinski definition) is 2. The molecule has 1 atom stereocenters. The van der Waals surface area contributed by atoms with Crippen molar-refractivity contribution in [2.75, 3.05) is 5.32 Å². The number of hydrogen-bond donors (Lipinski definition) is 2. The van der Waals surface area contributed by atoms with E-state index in [9.17, 15) is 4.79 Å². The highest BCUT2D eigenvalue weighted by Gasteiger charge is 2.20. The largest absolute Gasteiger partial charge is 0.370 e. The zero-order chi connectivity index (χ0) is 14.7. The van der Waals surface area contributed by atoms with Gasteiger partial charge in [0.15, 0.2) is 0 Å². The van der Waals surface area contributed by atoms with Crippen molar-refractivity contribution in [2.24, 2.45) is 5.73 Å². The SMILES string of the molecule is NC(=O)C(Nc1ccc(Br)cc1)c1cc(Cl)ccc1Cl. The first-order valence-electron chi connectivity index (χ1n) is 5.74. The highest BCUT2D eigenvalue weighted by molar-refractivity contribution is 9.10. The quantitative estimate of drug-likeness (QED) is 0.834. The second-order valence-electron chi connectivity index (χ2n) is 4.15. The van der Waals surface area contributed by atoms with Crippen LogP contribution in [-0.4, -0.2) is 5.91 Å². The summed E-state index contributed by atoms with van der Waals surface area (Å²) in [7, 11) is 0. The van der Waals surface area contributed by atoms with Crippen LogP contribution in [-0.2, 0) is 4.79 Å². The minimum atomic E-state index is -0.748. The maximum Gasteiger partial charge on any atom is 0.244 e. The van der Waals surface area contributed by atoms with Crippen molar-refractivity contribution in [3.05, 3.63) is 62.5 Å². The summed E-state index contributed by atoms with van der Waals surface area (Å²) in [5.41, 5.74) is 6.76. The van der Waals surface area contributed by atoms with E-state index in [4.69, 9.17) is 28.9 Å². The smallest absolute Gasteiger partial charge is 0.244 e. The number of amides is 1. The summed E-state index contributed by atoms with van der Waals surface area (Å²) in [6.45, 7) is 0. The molecule has 0 aliphatic rings. The van der Waals surface area contributed by atoms with Crippen LogP contribution in [0, 0.1) is 0 Å². The second-order valence-corrected chi connectivity index (χ2v) is 5.91. The van der Waals surface area contributed by atoms with E-state index in [1.165, 1.54) is 0 Å². The van der Waals surface area contributed by atoms with Gasteiger partial charge in [-0.2, -0.15) is 0 Å². The highest BCUT2D eigenvalue weighted by Crippen LogP contribution is 2.29. The third-order valence-corrected chi connectivity index (χ3v) is 3.82. The topological polar surface area (TPSA) is 55.1 Å². The zero-order valence-corrected chi connectivity index (χ0v) is 13.3. The van der Waals surface area contributed by atoms with E-state index >= 15 is 0 Å². The summed E-state index contributed by atoms with van der Waals surface area (Å²) in [5, 5.41) is 3.98. The van der Waals surface area contributed by atoms with Gasteiger partial charge in [0.2, 0.25) is 5.91 Å². The average molecular weight is 374 g/mol. The zero-order valence-electron chi connectivity index (χ0n) is 10.2. The molecule has 1 amide bonds. The van der Waals surface area contributed by atoms with Crippen LogP contribution in [0.3, 0.4) is 0 Å². The minimum Gasteiger partial charge on any atom is -0.370 e. The molecule has 0 bridgehead atoms. The van der Waals surface area contributed by atoms with Gasteiger partial charge in [0.05, 0.1) is 0 Å². The molecule has 3 N–H and O–H groups in total. The Morgan fingerprint density at radius 3 is 2.40 bits per heavy atom. The van der Waals surface area contributed by atoms with Crippen molar-refractivity contribution in [2.45, 2.75) is 6.04 Å². The van der Waals surface area contributed by atoms with E-state index in [1.807, 2.05) is 24.3 Å². The minimum absolute atomic E-state index is 0.433. The highest BCUT2D eigenvalue weighted by atomic mass is 79.9. The molecule has 0 aliphatic carbocycles. The lowest BCUT2D eigenvalue weighted by Gasteiger charge is -2.18. The van der Waals surface area contributed by atoms with Gasteiger partial charge in [-0.25, -0.2) is 0 Å². The summed E-state index contributed by atoms with van der Waals surface area (Å²) < 4.78 is 0.944. The molecule has 0 saturated heterocycles. The van der Waals surface area contributed by atoms with Crippen molar-refractivity contribution in [3.8, 4) is 0 Å². The summed E-state index contributed by atoms with van der Waals surface area (Å²) in [5.74, 6) is -0.530. The molecule has 6 heteroatoms. The van der Waals surface area contributed by atoms with Crippen LogP contribution in [0.4, 0.5) is 5.69 Å². The molecule has 2 rings (SSSR count). The molecule has 0 saturated carbocycles. The van der Waals surface area contributed by atoms with Gasteiger partial charge in [0.25, 0.3) is 0 Å². The lowest BCUT2D eigenvalue weighted by molar-refractivity contribution is -0.118. The number of rotatable bonds is 4. The van der Waals surface area contributed by atoms with Crippen molar-refractivity contribution < 1.29 is 4.79 Å². The molecular weight excluding hydrogens is 363 g/mol. The molecule has 2 aromatic rings. The molecule has 2 aromatic carbocycles. The lowest BCUT2D eigenvalue weighted by Crippen LogP contribution is -2.28. The Morgan fingerprint density at radius 2 is 1.80 bits per heavy atom. The number of carbonyl (C=O) groups excluding carboxylic acids is 1. The van der Waals surface area contributed by atoms with Crippen LogP contribution < -0.4 is 11.1 Å². The number of halogens is 3. The summed E-state index contributed by atoms with van der Waals surface area (Å²) in [6.07, 6.45) is 0. The van der Waals surface area contributed by atoms with Crippen LogP contribution >= 0.6 is 39.1 Å². The lowest BCUT2D eigenvalue weighted by atomic mass is 10.1. The predicted molar refractivity (Wildman–Crippen MR) is 86.2 cm³/mol. The fourth-order valence-corrected chi connectivity index (χ4v) is 2.42. The Balaban J connectivity index is 2.34. The van der Waals surface area contributed by atoms with Crippen molar-refractivity contribution in [3.63, 3.8) is 0 Å². The van der Waals surface area contributed by atoms with E-state index in [-0.39, 0.29) is 0 Å². The van der Waals surface area contributed by atoms with Crippen LogP contribution in [0.2, 0.25) is 10.0 Å². The van der Waals surface area contributed by atoms with Crippen LogP contribution in [0.15, 0.2) is 46.9 Å². The Labute approximate surface area is 135 Å². The number of nitrogens with two attached hydrogens (primary N) is 1. The molecule has 20 heavy (non-hydrogen) atoms. The molecule has 0 aromatic heterocycles. The number of benzene rings is 2.